The van der Waals surface area contributed by atoms with Crippen LogP contribution in [-0.4, -0.2) is 28.0 Å². The zero-order chi connectivity index (χ0) is 15.9. The van der Waals surface area contributed by atoms with Crippen molar-refractivity contribution in [1.29, 1.82) is 0 Å². The van der Waals surface area contributed by atoms with E-state index in [1.165, 1.54) is 0 Å². The van der Waals surface area contributed by atoms with Crippen molar-refractivity contribution in [2.24, 2.45) is 0 Å². The van der Waals surface area contributed by atoms with E-state index in [4.69, 9.17) is 0 Å². The van der Waals surface area contributed by atoms with Gasteiger partial charge in [0.1, 0.15) is 0 Å². The molecule has 2 rings (SSSR count). The highest BCUT2D eigenvalue weighted by Crippen LogP contribution is 2.16. The lowest BCUT2D eigenvalue weighted by atomic mass is 10.2. The molecular formula is C15H19N3O2S2. The van der Waals surface area contributed by atoms with Crippen LogP contribution in [0.15, 0.2) is 40.7 Å². The number of urea groups is 1. The highest BCUT2D eigenvalue weighted by molar-refractivity contribution is 7.84. The van der Waals surface area contributed by atoms with E-state index in [-0.39, 0.29) is 11.9 Å². The van der Waals surface area contributed by atoms with E-state index in [1.807, 2.05) is 36.6 Å². The van der Waals surface area contributed by atoms with Crippen LogP contribution in [0.2, 0.25) is 0 Å². The number of hydrogen-bond donors (Lipinski definition) is 2. The fraction of sp³-hybridized carbons (Fsp3) is 0.333. The number of carbonyl (C=O) groups excluding carboxylic acids is 1. The molecule has 118 valence electrons. The fourth-order valence-electron chi connectivity index (χ4n) is 1.85. The van der Waals surface area contributed by atoms with Crippen LogP contribution in [0.4, 0.5) is 4.79 Å². The summed E-state index contributed by atoms with van der Waals surface area (Å²) in [6.07, 6.45) is 3.41. The molecule has 0 aliphatic rings. The smallest absolute Gasteiger partial charge is 0.315 e. The van der Waals surface area contributed by atoms with Gasteiger partial charge in [0.05, 0.1) is 5.01 Å². The zero-order valence-corrected chi connectivity index (χ0v) is 14.2. The van der Waals surface area contributed by atoms with Crippen LogP contribution < -0.4 is 10.6 Å². The predicted molar refractivity (Wildman–Crippen MR) is 89.5 cm³/mol. The Kier molecular flexibility index (Phi) is 6.09. The van der Waals surface area contributed by atoms with Crippen LogP contribution in [0, 0.1) is 0 Å². The van der Waals surface area contributed by atoms with Gasteiger partial charge in [-0.05, 0) is 17.7 Å². The Morgan fingerprint density at radius 2 is 2.05 bits per heavy atom. The van der Waals surface area contributed by atoms with E-state index in [2.05, 4.69) is 15.6 Å². The molecule has 2 aromatic rings. The van der Waals surface area contributed by atoms with E-state index in [1.54, 1.807) is 23.8 Å². The Hall–Kier alpha value is -1.73. The number of nitrogens with one attached hydrogen (secondary N) is 2. The number of amides is 2. The second kappa shape index (κ2) is 8.05. The molecule has 0 spiro atoms. The summed E-state index contributed by atoms with van der Waals surface area (Å²) in [7, 11) is -0.978. The molecule has 1 aromatic carbocycles. The summed E-state index contributed by atoms with van der Waals surface area (Å²) in [4.78, 5) is 16.8. The summed E-state index contributed by atoms with van der Waals surface area (Å²) in [6, 6.07) is 7.17. The molecule has 7 heteroatoms. The Bertz CT molecular complexity index is 627. The summed E-state index contributed by atoms with van der Waals surface area (Å²) in [5.74, 6) is 0.199. The highest BCUT2D eigenvalue weighted by atomic mass is 32.2. The van der Waals surface area contributed by atoms with Gasteiger partial charge in [0.15, 0.2) is 0 Å². The molecule has 0 fully saturated rings. The summed E-state index contributed by atoms with van der Waals surface area (Å²) >= 11 is 1.59. The van der Waals surface area contributed by atoms with Crippen LogP contribution in [0.3, 0.4) is 0 Å². The van der Waals surface area contributed by atoms with Gasteiger partial charge in [-0.3, -0.25) is 4.21 Å². The van der Waals surface area contributed by atoms with Crippen molar-refractivity contribution in [2.75, 3.05) is 12.8 Å². The predicted octanol–water partition coefficient (Wildman–Crippen LogP) is 2.48. The molecule has 1 aromatic heterocycles. The fourth-order valence-corrected chi connectivity index (χ4v) is 3.07. The lowest BCUT2D eigenvalue weighted by Crippen LogP contribution is -2.37. The average Bonchev–Trinajstić information content (AvgIpc) is 3.05. The third-order valence-corrected chi connectivity index (χ3v) is 5.09. The lowest BCUT2D eigenvalue weighted by Gasteiger charge is -2.11. The van der Waals surface area contributed by atoms with Gasteiger partial charge in [0.2, 0.25) is 0 Å². The number of aromatic nitrogens is 1. The summed E-state index contributed by atoms with van der Waals surface area (Å²) in [5.41, 5.74) is 0.970. The minimum Gasteiger partial charge on any atom is -0.337 e. The molecular weight excluding hydrogens is 318 g/mol. The number of thiazole rings is 1. The zero-order valence-electron chi connectivity index (χ0n) is 12.5. The van der Waals surface area contributed by atoms with Crippen molar-refractivity contribution in [3.63, 3.8) is 0 Å². The molecule has 0 bridgehead atoms. The number of hydrogen-bond acceptors (Lipinski definition) is 4. The quantitative estimate of drug-likeness (QED) is 0.851. The normalized spacial score (nSPS) is 13.4. The van der Waals surface area contributed by atoms with Crippen molar-refractivity contribution in [1.82, 2.24) is 15.6 Å². The van der Waals surface area contributed by atoms with Crippen LogP contribution >= 0.6 is 11.3 Å². The Morgan fingerprint density at radius 3 is 2.64 bits per heavy atom. The van der Waals surface area contributed by atoms with E-state index < -0.39 is 10.8 Å². The van der Waals surface area contributed by atoms with Crippen LogP contribution in [0.1, 0.15) is 23.4 Å². The molecule has 0 aliphatic heterocycles. The van der Waals surface area contributed by atoms with E-state index in [0.717, 1.165) is 15.5 Å². The van der Waals surface area contributed by atoms with Gasteiger partial charge < -0.3 is 10.6 Å². The molecule has 0 unspecified atom stereocenters. The summed E-state index contributed by atoms with van der Waals surface area (Å²) in [5, 5.41) is 8.59. The minimum atomic E-state index is -0.978. The first-order valence-corrected chi connectivity index (χ1v) is 9.33. The van der Waals surface area contributed by atoms with Gasteiger partial charge >= 0.3 is 6.03 Å². The van der Waals surface area contributed by atoms with Gasteiger partial charge in [-0.25, -0.2) is 9.78 Å². The van der Waals surface area contributed by atoms with Crippen molar-refractivity contribution in [3.05, 3.63) is 46.4 Å². The molecule has 2 atom stereocenters. The number of benzene rings is 1. The van der Waals surface area contributed by atoms with Gasteiger partial charge in [-0.15, -0.1) is 11.3 Å². The Balaban J connectivity index is 1.74. The average molecular weight is 337 g/mol. The highest BCUT2D eigenvalue weighted by Gasteiger charge is 2.09. The van der Waals surface area contributed by atoms with Crippen molar-refractivity contribution >= 4 is 28.2 Å². The molecule has 22 heavy (non-hydrogen) atoms. The second-order valence-electron chi connectivity index (χ2n) is 4.93. The third-order valence-electron chi connectivity index (χ3n) is 3.15. The maximum atomic E-state index is 11.8. The number of rotatable bonds is 6. The first-order chi connectivity index (χ1) is 10.6. The first kappa shape index (κ1) is 16.6. The molecule has 0 saturated carbocycles. The standard InChI is InChI=1S/C15H19N3O2S2/c1-11(14-16-7-8-21-14)9-17-15(19)18-10-12-3-5-13(6-4-12)22(2)20/h3-8,11H,9-10H2,1-2H3,(H2,17,18,19)/t11-,22-/m0/s1. The van der Waals surface area contributed by atoms with Gasteiger partial charge in [0, 0.05) is 52.5 Å². The van der Waals surface area contributed by atoms with E-state index in [9.17, 15) is 9.00 Å². The minimum absolute atomic E-state index is 0.199. The largest absolute Gasteiger partial charge is 0.337 e. The molecule has 0 radical (unpaired) electrons. The lowest BCUT2D eigenvalue weighted by molar-refractivity contribution is 0.240. The monoisotopic (exact) mass is 337 g/mol. The molecule has 2 N–H and O–H groups in total. The maximum absolute atomic E-state index is 11.8. The van der Waals surface area contributed by atoms with Crippen LogP contribution in [0.5, 0.6) is 0 Å². The molecule has 1 heterocycles. The molecule has 2 amide bonds. The van der Waals surface area contributed by atoms with Gasteiger partial charge in [0.25, 0.3) is 0 Å². The number of nitrogens with zero attached hydrogens (tertiary/aromatic N) is 1. The first-order valence-electron chi connectivity index (χ1n) is 6.89. The number of carbonyl (C=O) groups is 1. The van der Waals surface area contributed by atoms with Crippen molar-refractivity contribution in [2.45, 2.75) is 24.3 Å². The van der Waals surface area contributed by atoms with Crippen LogP contribution in [-0.2, 0) is 17.3 Å². The van der Waals surface area contributed by atoms with Crippen molar-refractivity contribution < 1.29 is 9.00 Å². The van der Waals surface area contributed by atoms with Gasteiger partial charge in [-0.1, -0.05) is 19.1 Å². The van der Waals surface area contributed by atoms with Crippen LogP contribution in [0.25, 0.3) is 0 Å². The molecule has 0 saturated heterocycles. The summed E-state index contributed by atoms with van der Waals surface area (Å²) < 4.78 is 11.3. The third kappa shape index (κ3) is 4.92. The Morgan fingerprint density at radius 1 is 1.32 bits per heavy atom. The topological polar surface area (TPSA) is 71.1 Å². The van der Waals surface area contributed by atoms with E-state index >= 15 is 0 Å². The van der Waals surface area contributed by atoms with Gasteiger partial charge in [-0.2, -0.15) is 0 Å². The SMILES string of the molecule is C[C@@H](CNC(=O)NCc1ccc([S@](C)=O)cc1)c1nccs1. The Labute approximate surface area is 136 Å². The second-order valence-corrected chi connectivity index (χ2v) is 7.24. The summed E-state index contributed by atoms with van der Waals surface area (Å²) in [6.45, 7) is 3.02. The van der Waals surface area contributed by atoms with E-state index in [0.29, 0.717) is 13.1 Å². The maximum Gasteiger partial charge on any atom is 0.315 e. The van der Waals surface area contributed by atoms with Crippen molar-refractivity contribution in [3.8, 4) is 0 Å². The molecule has 0 aliphatic carbocycles. The molecule has 5 nitrogen and oxygen atoms in total.